The van der Waals surface area contributed by atoms with E-state index in [1.54, 1.807) is 26.4 Å². The van der Waals surface area contributed by atoms with Crippen molar-refractivity contribution in [2.45, 2.75) is 32.6 Å². The summed E-state index contributed by atoms with van der Waals surface area (Å²) in [5.41, 5.74) is 1.99. The van der Waals surface area contributed by atoms with Gasteiger partial charge in [-0.15, -0.1) is 0 Å². The zero-order chi connectivity index (χ0) is 20.6. The van der Waals surface area contributed by atoms with Gasteiger partial charge in [-0.3, -0.25) is 4.79 Å². The molecule has 2 aromatic rings. The molecule has 0 unspecified atom stereocenters. The van der Waals surface area contributed by atoms with Gasteiger partial charge in [-0.2, -0.15) is 0 Å². The van der Waals surface area contributed by atoms with Crippen molar-refractivity contribution >= 4 is 5.91 Å². The summed E-state index contributed by atoms with van der Waals surface area (Å²) >= 11 is 0. The highest BCUT2D eigenvalue weighted by molar-refractivity contribution is 5.95. The number of ether oxygens (including phenoxy) is 3. The van der Waals surface area contributed by atoms with Gasteiger partial charge in [0.2, 0.25) is 0 Å². The number of hydrogen-bond acceptors (Lipinski definition) is 4. The molecule has 156 valence electrons. The third-order valence-corrected chi connectivity index (χ3v) is 5.61. The average Bonchev–Trinajstić information content (AvgIpc) is 2.78. The van der Waals surface area contributed by atoms with Crippen LogP contribution in [0, 0.1) is 5.92 Å². The van der Waals surface area contributed by atoms with E-state index in [-0.39, 0.29) is 5.91 Å². The van der Waals surface area contributed by atoms with Gasteiger partial charge in [0.15, 0.2) is 11.5 Å². The van der Waals surface area contributed by atoms with Crippen LogP contribution in [0.25, 0.3) is 0 Å². The SMILES string of the molecule is CCOc1ccc(CCC2CCN(C(=O)c3ccc(OC)c(OC)c3)CC2)cc1. The zero-order valence-electron chi connectivity index (χ0n) is 17.6. The summed E-state index contributed by atoms with van der Waals surface area (Å²) in [5, 5.41) is 0. The Morgan fingerprint density at radius 2 is 1.69 bits per heavy atom. The molecule has 1 saturated heterocycles. The van der Waals surface area contributed by atoms with Gasteiger partial charge < -0.3 is 19.1 Å². The Labute approximate surface area is 173 Å². The van der Waals surface area contributed by atoms with Crippen molar-refractivity contribution in [1.82, 2.24) is 4.90 Å². The first-order valence-electron chi connectivity index (χ1n) is 10.4. The van der Waals surface area contributed by atoms with Crippen molar-refractivity contribution in [3.8, 4) is 17.2 Å². The molecular weight excluding hydrogens is 366 g/mol. The van der Waals surface area contributed by atoms with Crippen molar-refractivity contribution in [3.05, 3.63) is 53.6 Å². The number of rotatable bonds is 8. The second-order valence-corrected chi connectivity index (χ2v) is 7.42. The van der Waals surface area contributed by atoms with Crippen molar-refractivity contribution in [2.75, 3.05) is 33.9 Å². The number of carbonyl (C=O) groups excluding carboxylic acids is 1. The van der Waals surface area contributed by atoms with Crippen LogP contribution in [0.4, 0.5) is 0 Å². The van der Waals surface area contributed by atoms with E-state index >= 15 is 0 Å². The number of piperidine rings is 1. The first-order valence-corrected chi connectivity index (χ1v) is 10.4. The highest BCUT2D eigenvalue weighted by Crippen LogP contribution is 2.29. The predicted molar refractivity (Wildman–Crippen MR) is 114 cm³/mol. The largest absolute Gasteiger partial charge is 0.494 e. The summed E-state index contributed by atoms with van der Waals surface area (Å²) < 4.78 is 16.1. The molecule has 0 aliphatic carbocycles. The van der Waals surface area contributed by atoms with Crippen LogP contribution in [-0.2, 0) is 6.42 Å². The average molecular weight is 398 g/mol. The normalized spacial score (nSPS) is 14.5. The molecule has 1 aliphatic rings. The number of likely N-dealkylation sites (tertiary alicyclic amines) is 1. The molecule has 1 amide bonds. The van der Waals surface area contributed by atoms with Gasteiger partial charge in [0.05, 0.1) is 20.8 Å². The molecule has 0 N–H and O–H groups in total. The number of benzene rings is 2. The molecule has 1 aliphatic heterocycles. The van der Waals surface area contributed by atoms with E-state index in [1.807, 2.05) is 30.0 Å². The highest BCUT2D eigenvalue weighted by atomic mass is 16.5. The molecule has 29 heavy (non-hydrogen) atoms. The minimum absolute atomic E-state index is 0.0657. The first-order chi connectivity index (χ1) is 14.1. The molecule has 1 heterocycles. The smallest absolute Gasteiger partial charge is 0.253 e. The van der Waals surface area contributed by atoms with Crippen molar-refractivity contribution in [2.24, 2.45) is 5.92 Å². The van der Waals surface area contributed by atoms with Gasteiger partial charge >= 0.3 is 0 Å². The standard InChI is InChI=1S/C24H31NO4/c1-4-29-21-10-7-18(8-11-21)5-6-19-13-15-25(16-14-19)24(26)20-9-12-22(27-2)23(17-20)28-3/h7-12,17,19H,4-6,13-16H2,1-3H3. The van der Waals surface area contributed by atoms with E-state index in [4.69, 9.17) is 14.2 Å². The zero-order valence-corrected chi connectivity index (χ0v) is 17.6. The fraction of sp³-hybridized carbons (Fsp3) is 0.458. The van der Waals surface area contributed by atoms with Gasteiger partial charge in [0, 0.05) is 18.7 Å². The number of amides is 1. The summed E-state index contributed by atoms with van der Waals surface area (Å²) in [6, 6.07) is 13.8. The van der Waals surface area contributed by atoms with Gasteiger partial charge in [-0.1, -0.05) is 12.1 Å². The maximum absolute atomic E-state index is 12.9. The Hall–Kier alpha value is -2.69. The van der Waals surface area contributed by atoms with E-state index in [1.165, 1.54) is 5.56 Å². The lowest BCUT2D eigenvalue weighted by Crippen LogP contribution is -2.38. The number of hydrogen-bond donors (Lipinski definition) is 0. The third-order valence-electron chi connectivity index (χ3n) is 5.61. The van der Waals surface area contributed by atoms with Crippen LogP contribution in [0.3, 0.4) is 0 Å². The van der Waals surface area contributed by atoms with Crippen LogP contribution in [-0.4, -0.2) is 44.7 Å². The van der Waals surface area contributed by atoms with Gasteiger partial charge in [-0.05, 0) is 74.4 Å². The topological polar surface area (TPSA) is 48.0 Å². The molecule has 0 saturated carbocycles. The monoisotopic (exact) mass is 397 g/mol. The molecule has 2 aromatic carbocycles. The number of nitrogens with zero attached hydrogens (tertiary/aromatic N) is 1. The van der Waals surface area contributed by atoms with E-state index in [9.17, 15) is 4.79 Å². The van der Waals surface area contributed by atoms with Crippen LogP contribution in [0.2, 0.25) is 0 Å². The van der Waals surface area contributed by atoms with E-state index in [0.29, 0.717) is 29.6 Å². The van der Waals surface area contributed by atoms with Crippen molar-refractivity contribution < 1.29 is 19.0 Å². The summed E-state index contributed by atoms with van der Waals surface area (Å²) in [6.45, 7) is 4.30. The fourth-order valence-electron chi connectivity index (χ4n) is 3.87. The third kappa shape index (κ3) is 5.43. The molecular formula is C24H31NO4. The molecule has 0 atom stereocenters. The molecule has 5 heteroatoms. The summed E-state index contributed by atoms with van der Waals surface area (Å²) in [5.74, 6) is 2.88. The molecule has 0 aromatic heterocycles. The van der Waals surface area contributed by atoms with Crippen LogP contribution in [0.15, 0.2) is 42.5 Å². The highest BCUT2D eigenvalue weighted by Gasteiger charge is 2.24. The lowest BCUT2D eigenvalue weighted by Gasteiger charge is -2.32. The lowest BCUT2D eigenvalue weighted by molar-refractivity contribution is 0.0686. The Kier molecular flexibility index (Phi) is 7.39. The Morgan fingerprint density at radius 1 is 1.00 bits per heavy atom. The number of methoxy groups -OCH3 is 2. The Balaban J connectivity index is 1.49. The van der Waals surface area contributed by atoms with Crippen LogP contribution in [0.1, 0.15) is 42.1 Å². The first kappa shape index (κ1) is 21.0. The van der Waals surface area contributed by atoms with E-state index in [2.05, 4.69) is 12.1 Å². The van der Waals surface area contributed by atoms with E-state index < -0.39 is 0 Å². The van der Waals surface area contributed by atoms with Crippen LogP contribution >= 0.6 is 0 Å². The summed E-state index contributed by atoms with van der Waals surface area (Å²) in [4.78, 5) is 14.8. The van der Waals surface area contributed by atoms with Crippen LogP contribution in [0.5, 0.6) is 17.2 Å². The van der Waals surface area contributed by atoms with Crippen LogP contribution < -0.4 is 14.2 Å². The predicted octanol–water partition coefficient (Wildman–Crippen LogP) is 4.59. The minimum atomic E-state index is 0.0657. The van der Waals surface area contributed by atoms with Gasteiger partial charge in [0.1, 0.15) is 5.75 Å². The molecule has 3 rings (SSSR count). The maximum atomic E-state index is 12.9. The number of aryl methyl sites for hydroxylation is 1. The molecule has 0 bridgehead atoms. The van der Waals surface area contributed by atoms with Gasteiger partial charge in [0.25, 0.3) is 5.91 Å². The fourth-order valence-corrected chi connectivity index (χ4v) is 3.87. The maximum Gasteiger partial charge on any atom is 0.253 e. The Morgan fingerprint density at radius 3 is 2.31 bits per heavy atom. The van der Waals surface area contributed by atoms with Crippen molar-refractivity contribution in [1.29, 1.82) is 0 Å². The Bertz CT molecular complexity index is 795. The quantitative estimate of drug-likeness (QED) is 0.654. The lowest BCUT2D eigenvalue weighted by atomic mass is 9.90. The van der Waals surface area contributed by atoms with E-state index in [0.717, 1.165) is 44.5 Å². The second kappa shape index (κ2) is 10.2. The molecule has 0 radical (unpaired) electrons. The molecule has 0 spiro atoms. The summed E-state index contributed by atoms with van der Waals surface area (Å²) in [7, 11) is 3.18. The molecule has 5 nitrogen and oxygen atoms in total. The van der Waals surface area contributed by atoms with Crippen molar-refractivity contribution in [3.63, 3.8) is 0 Å². The molecule has 1 fully saturated rings. The summed E-state index contributed by atoms with van der Waals surface area (Å²) in [6.07, 6.45) is 4.33. The van der Waals surface area contributed by atoms with Gasteiger partial charge in [-0.25, -0.2) is 0 Å². The second-order valence-electron chi connectivity index (χ2n) is 7.42. The number of carbonyl (C=O) groups is 1. The minimum Gasteiger partial charge on any atom is -0.494 e.